The lowest BCUT2D eigenvalue weighted by atomic mass is 10.1. The van der Waals surface area contributed by atoms with Crippen LogP contribution in [-0.4, -0.2) is 22.4 Å². The SMILES string of the molecule is Cc1ccc(NC(=O)c2nc3c(s2)CCCN3c2ccccc2)cn1. The zero-order valence-corrected chi connectivity index (χ0v) is 14.7. The van der Waals surface area contributed by atoms with Gasteiger partial charge in [-0.3, -0.25) is 9.78 Å². The number of fused-ring (bicyclic) bond motifs is 1. The van der Waals surface area contributed by atoms with Gasteiger partial charge in [0.05, 0.1) is 11.9 Å². The molecule has 1 amide bonds. The number of rotatable bonds is 3. The van der Waals surface area contributed by atoms with E-state index in [1.54, 1.807) is 6.20 Å². The number of nitrogens with zero attached hydrogens (tertiary/aromatic N) is 3. The van der Waals surface area contributed by atoms with E-state index in [1.807, 2.05) is 37.3 Å². The summed E-state index contributed by atoms with van der Waals surface area (Å²) >= 11 is 1.48. The molecule has 0 spiro atoms. The first-order valence-corrected chi connectivity index (χ1v) is 9.08. The molecule has 2 aromatic heterocycles. The van der Waals surface area contributed by atoms with Crippen LogP contribution in [0, 0.1) is 6.92 Å². The maximum absolute atomic E-state index is 12.6. The smallest absolute Gasteiger partial charge is 0.284 e. The van der Waals surface area contributed by atoms with Crippen molar-refractivity contribution in [3.63, 3.8) is 0 Å². The third-order valence-corrected chi connectivity index (χ3v) is 5.25. The van der Waals surface area contributed by atoms with Crippen LogP contribution in [0.4, 0.5) is 17.2 Å². The summed E-state index contributed by atoms with van der Waals surface area (Å²) in [7, 11) is 0. The highest BCUT2D eigenvalue weighted by molar-refractivity contribution is 7.14. The zero-order valence-electron chi connectivity index (χ0n) is 13.9. The highest BCUT2D eigenvalue weighted by Gasteiger charge is 2.25. The number of hydrogen-bond donors (Lipinski definition) is 1. The summed E-state index contributed by atoms with van der Waals surface area (Å²) in [4.78, 5) is 24.8. The van der Waals surface area contributed by atoms with Crippen LogP contribution in [-0.2, 0) is 6.42 Å². The molecule has 0 fully saturated rings. The van der Waals surface area contributed by atoms with Crippen molar-refractivity contribution < 1.29 is 4.79 Å². The number of benzene rings is 1. The molecule has 1 aliphatic rings. The number of anilines is 3. The van der Waals surface area contributed by atoms with E-state index in [9.17, 15) is 4.79 Å². The summed E-state index contributed by atoms with van der Waals surface area (Å²) in [6.07, 6.45) is 3.69. The molecule has 1 aliphatic heterocycles. The highest BCUT2D eigenvalue weighted by Crippen LogP contribution is 2.36. The number of aromatic nitrogens is 2. The van der Waals surface area contributed by atoms with Gasteiger partial charge in [-0.05, 0) is 44.0 Å². The van der Waals surface area contributed by atoms with Crippen molar-refractivity contribution in [2.45, 2.75) is 19.8 Å². The van der Waals surface area contributed by atoms with Crippen molar-refractivity contribution in [1.82, 2.24) is 9.97 Å². The summed E-state index contributed by atoms with van der Waals surface area (Å²) in [5.74, 6) is 0.729. The van der Waals surface area contributed by atoms with Crippen LogP contribution in [0.5, 0.6) is 0 Å². The monoisotopic (exact) mass is 350 g/mol. The molecule has 4 rings (SSSR count). The van der Waals surface area contributed by atoms with Crippen LogP contribution in [0.3, 0.4) is 0 Å². The van der Waals surface area contributed by atoms with E-state index in [4.69, 9.17) is 0 Å². The molecule has 0 saturated carbocycles. The van der Waals surface area contributed by atoms with Crippen LogP contribution < -0.4 is 10.2 Å². The molecular formula is C19H18N4OS. The average Bonchev–Trinajstić information content (AvgIpc) is 3.09. The van der Waals surface area contributed by atoms with E-state index in [0.717, 1.165) is 36.6 Å². The van der Waals surface area contributed by atoms with Gasteiger partial charge in [0.1, 0.15) is 5.82 Å². The van der Waals surface area contributed by atoms with E-state index in [0.29, 0.717) is 10.7 Å². The molecule has 3 heterocycles. The number of thiazole rings is 1. The van der Waals surface area contributed by atoms with Crippen LogP contribution in [0.2, 0.25) is 0 Å². The lowest BCUT2D eigenvalue weighted by Crippen LogP contribution is -2.24. The van der Waals surface area contributed by atoms with Crippen LogP contribution in [0.25, 0.3) is 0 Å². The fraction of sp³-hybridized carbons (Fsp3) is 0.211. The van der Waals surface area contributed by atoms with Crippen LogP contribution in [0.15, 0.2) is 48.7 Å². The van der Waals surface area contributed by atoms with Crippen LogP contribution in [0.1, 0.15) is 26.8 Å². The van der Waals surface area contributed by atoms with Crippen molar-refractivity contribution in [3.05, 3.63) is 64.2 Å². The van der Waals surface area contributed by atoms with Gasteiger partial charge in [-0.25, -0.2) is 4.98 Å². The van der Waals surface area contributed by atoms with E-state index < -0.39 is 0 Å². The van der Waals surface area contributed by atoms with Gasteiger partial charge in [-0.2, -0.15) is 0 Å². The Bertz CT molecular complexity index is 890. The second-order valence-electron chi connectivity index (χ2n) is 6.00. The molecular weight excluding hydrogens is 332 g/mol. The molecule has 0 saturated heterocycles. The lowest BCUT2D eigenvalue weighted by molar-refractivity contribution is 0.102. The van der Waals surface area contributed by atoms with Crippen molar-refractivity contribution in [2.75, 3.05) is 16.8 Å². The average molecular weight is 350 g/mol. The van der Waals surface area contributed by atoms with Crippen LogP contribution >= 0.6 is 11.3 Å². The number of pyridine rings is 1. The topological polar surface area (TPSA) is 58.1 Å². The molecule has 126 valence electrons. The van der Waals surface area contributed by atoms with Gasteiger partial charge in [0.25, 0.3) is 5.91 Å². The number of carbonyl (C=O) groups excluding carboxylic acids is 1. The second kappa shape index (κ2) is 6.64. The molecule has 0 aliphatic carbocycles. The van der Waals surface area contributed by atoms with Gasteiger partial charge in [0.2, 0.25) is 0 Å². The van der Waals surface area contributed by atoms with Crippen molar-refractivity contribution in [1.29, 1.82) is 0 Å². The molecule has 0 unspecified atom stereocenters. The number of para-hydroxylation sites is 1. The Kier molecular flexibility index (Phi) is 4.19. The Hall–Kier alpha value is -2.73. The van der Waals surface area contributed by atoms with Gasteiger partial charge in [0.15, 0.2) is 5.01 Å². The summed E-state index contributed by atoms with van der Waals surface area (Å²) in [5, 5.41) is 3.37. The fourth-order valence-electron chi connectivity index (χ4n) is 2.90. The largest absolute Gasteiger partial charge is 0.325 e. The minimum absolute atomic E-state index is 0.182. The van der Waals surface area contributed by atoms with Gasteiger partial charge in [0, 0.05) is 22.8 Å². The fourth-order valence-corrected chi connectivity index (χ4v) is 3.91. The van der Waals surface area contributed by atoms with E-state index in [2.05, 4.69) is 32.3 Å². The minimum Gasteiger partial charge on any atom is -0.325 e. The Balaban J connectivity index is 1.59. The maximum Gasteiger partial charge on any atom is 0.284 e. The van der Waals surface area contributed by atoms with Gasteiger partial charge < -0.3 is 10.2 Å². The molecule has 0 atom stereocenters. The number of nitrogens with one attached hydrogen (secondary N) is 1. The third-order valence-electron chi connectivity index (χ3n) is 4.15. The molecule has 1 aromatic carbocycles. The first-order valence-electron chi connectivity index (χ1n) is 8.27. The third kappa shape index (κ3) is 3.25. The Morgan fingerprint density at radius 2 is 2.04 bits per heavy atom. The standard InChI is InChI=1S/C19H18N4OS/c1-13-9-10-14(12-20-13)21-18(24)19-22-17-16(25-19)8-5-11-23(17)15-6-3-2-4-7-15/h2-4,6-7,9-10,12H,5,8,11H2,1H3,(H,21,24). The number of aryl methyl sites for hydroxylation is 2. The Morgan fingerprint density at radius 1 is 1.20 bits per heavy atom. The first-order chi connectivity index (χ1) is 12.2. The number of amides is 1. The Morgan fingerprint density at radius 3 is 2.80 bits per heavy atom. The van der Waals surface area contributed by atoms with E-state index in [1.165, 1.54) is 16.2 Å². The number of carbonyl (C=O) groups is 1. The zero-order chi connectivity index (χ0) is 17.2. The Labute approximate surface area is 150 Å². The number of hydrogen-bond acceptors (Lipinski definition) is 5. The maximum atomic E-state index is 12.6. The summed E-state index contributed by atoms with van der Waals surface area (Å²) in [6, 6.07) is 13.9. The summed E-state index contributed by atoms with van der Waals surface area (Å²) < 4.78 is 0. The van der Waals surface area contributed by atoms with Gasteiger partial charge in [-0.1, -0.05) is 18.2 Å². The second-order valence-corrected chi connectivity index (χ2v) is 7.08. The predicted octanol–water partition coefficient (Wildman–Crippen LogP) is 4.18. The summed E-state index contributed by atoms with van der Waals surface area (Å²) in [5.41, 5.74) is 2.72. The molecule has 1 N–H and O–H groups in total. The molecule has 25 heavy (non-hydrogen) atoms. The normalized spacial score (nSPS) is 13.4. The lowest BCUT2D eigenvalue weighted by Gasteiger charge is -2.27. The predicted molar refractivity (Wildman–Crippen MR) is 101 cm³/mol. The van der Waals surface area contributed by atoms with E-state index >= 15 is 0 Å². The molecule has 6 heteroatoms. The molecule has 0 bridgehead atoms. The minimum atomic E-state index is -0.182. The van der Waals surface area contributed by atoms with Gasteiger partial charge >= 0.3 is 0 Å². The molecule has 5 nitrogen and oxygen atoms in total. The summed E-state index contributed by atoms with van der Waals surface area (Å²) in [6.45, 7) is 2.84. The quantitative estimate of drug-likeness (QED) is 0.770. The molecule has 0 radical (unpaired) electrons. The van der Waals surface area contributed by atoms with Crippen molar-refractivity contribution in [3.8, 4) is 0 Å². The van der Waals surface area contributed by atoms with Crippen molar-refractivity contribution >= 4 is 34.4 Å². The highest BCUT2D eigenvalue weighted by atomic mass is 32.1. The van der Waals surface area contributed by atoms with Gasteiger partial charge in [-0.15, -0.1) is 11.3 Å². The van der Waals surface area contributed by atoms with Crippen molar-refractivity contribution in [2.24, 2.45) is 0 Å². The van der Waals surface area contributed by atoms with E-state index in [-0.39, 0.29) is 5.91 Å². The molecule has 3 aromatic rings. The first kappa shape index (κ1) is 15.8.